The van der Waals surface area contributed by atoms with Gasteiger partial charge in [0.2, 0.25) is 0 Å². The maximum absolute atomic E-state index is 11.4. The van der Waals surface area contributed by atoms with E-state index in [0.717, 1.165) is 12.0 Å². The number of esters is 1. The van der Waals surface area contributed by atoms with Crippen molar-refractivity contribution in [1.29, 1.82) is 0 Å². The summed E-state index contributed by atoms with van der Waals surface area (Å²) in [6.07, 6.45) is 6.21. The molecule has 0 amide bonds. The highest BCUT2D eigenvalue weighted by Gasteiger charge is 2.23. The van der Waals surface area contributed by atoms with Gasteiger partial charge < -0.3 is 9.47 Å². The van der Waals surface area contributed by atoms with Gasteiger partial charge in [-0.05, 0) is 24.5 Å². The number of hydrogen-bond acceptors (Lipinski definition) is 3. The molecule has 0 aliphatic rings. The van der Waals surface area contributed by atoms with Crippen LogP contribution in [0.4, 0.5) is 0 Å². The topological polar surface area (TPSA) is 35.5 Å². The summed E-state index contributed by atoms with van der Waals surface area (Å²) < 4.78 is 10.4. The molecule has 0 aromatic heterocycles. The van der Waals surface area contributed by atoms with Crippen LogP contribution in [0.25, 0.3) is 0 Å². The third-order valence-electron chi connectivity index (χ3n) is 3.55. The molecule has 3 nitrogen and oxygen atoms in total. The first kappa shape index (κ1) is 17.2. The monoisotopic (exact) mass is 288 g/mol. The Morgan fingerprint density at radius 2 is 1.90 bits per heavy atom. The van der Waals surface area contributed by atoms with E-state index in [4.69, 9.17) is 4.74 Å². The second-order valence-corrected chi connectivity index (χ2v) is 4.69. The lowest BCUT2D eigenvalue weighted by molar-refractivity contribution is -0.134. The second kappa shape index (κ2) is 9.14. The molecule has 0 saturated carbocycles. The number of hydrogen-bond donors (Lipinski definition) is 0. The number of carbonyl (C=O) groups is 1. The number of methoxy groups -OCH3 is 2. The van der Waals surface area contributed by atoms with Crippen LogP contribution >= 0.6 is 0 Å². The fourth-order valence-corrected chi connectivity index (χ4v) is 2.41. The molecule has 0 heterocycles. The van der Waals surface area contributed by atoms with E-state index in [0.29, 0.717) is 0 Å². The summed E-state index contributed by atoms with van der Waals surface area (Å²) in [5.74, 6) is -0.384. The first-order valence-electron chi connectivity index (χ1n) is 7.16. The highest BCUT2D eigenvalue weighted by molar-refractivity contribution is 5.81. The molecule has 1 aromatic carbocycles. The van der Waals surface area contributed by atoms with Crippen molar-refractivity contribution < 1.29 is 14.3 Å². The molecule has 0 N–H and O–H groups in total. The minimum atomic E-state index is -0.357. The lowest BCUT2D eigenvalue weighted by atomic mass is 9.87. The molecule has 1 aromatic rings. The van der Waals surface area contributed by atoms with Gasteiger partial charge in [-0.25, -0.2) is 4.79 Å². The fraction of sp³-hybridized carbons (Fsp3) is 0.389. The summed E-state index contributed by atoms with van der Waals surface area (Å²) in [5.41, 5.74) is 2.32. The van der Waals surface area contributed by atoms with E-state index in [1.54, 1.807) is 7.11 Å². The van der Waals surface area contributed by atoms with Crippen LogP contribution in [0.2, 0.25) is 0 Å². The maximum Gasteiger partial charge on any atom is 0.330 e. The van der Waals surface area contributed by atoms with E-state index in [2.05, 4.69) is 17.7 Å². The lowest BCUT2D eigenvalue weighted by Crippen LogP contribution is -2.22. The van der Waals surface area contributed by atoms with Crippen molar-refractivity contribution in [3.8, 4) is 0 Å². The van der Waals surface area contributed by atoms with E-state index >= 15 is 0 Å². The second-order valence-electron chi connectivity index (χ2n) is 4.69. The van der Waals surface area contributed by atoms with E-state index in [-0.39, 0.29) is 18.0 Å². The normalized spacial score (nSPS) is 15.0. The van der Waals surface area contributed by atoms with E-state index < -0.39 is 0 Å². The van der Waals surface area contributed by atoms with Crippen molar-refractivity contribution in [2.75, 3.05) is 14.2 Å². The van der Waals surface area contributed by atoms with Crippen LogP contribution in [-0.2, 0) is 14.3 Å². The summed E-state index contributed by atoms with van der Waals surface area (Å²) in [4.78, 5) is 11.4. The van der Waals surface area contributed by atoms with E-state index in [1.807, 2.05) is 43.3 Å². The molecule has 0 fully saturated rings. The molecule has 114 valence electrons. The summed E-state index contributed by atoms with van der Waals surface area (Å²) in [6.45, 7) is 4.12. The molecule has 0 unspecified atom stereocenters. The van der Waals surface area contributed by atoms with Gasteiger partial charge in [0.15, 0.2) is 0 Å². The SMILES string of the molecule is C/C=C(\CC)[C@H](OC)[C@@H](/C=C/C(=O)OC)c1ccccc1. The molecule has 0 aliphatic carbocycles. The Bertz CT molecular complexity index is 488. The van der Waals surface area contributed by atoms with Crippen LogP contribution in [-0.4, -0.2) is 26.3 Å². The summed E-state index contributed by atoms with van der Waals surface area (Å²) in [6, 6.07) is 10.0. The van der Waals surface area contributed by atoms with Crippen LogP contribution in [0.1, 0.15) is 31.7 Å². The Hall–Kier alpha value is -1.87. The largest absolute Gasteiger partial charge is 0.466 e. The van der Waals surface area contributed by atoms with Gasteiger partial charge in [-0.3, -0.25) is 0 Å². The number of rotatable bonds is 7. The van der Waals surface area contributed by atoms with Crippen LogP contribution < -0.4 is 0 Å². The Balaban J connectivity index is 3.17. The van der Waals surface area contributed by atoms with Crippen molar-refractivity contribution >= 4 is 5.97 Å². The van der Waals surface area contributed by atoms with Gasteiger partial charge >= 0.3 is 5.97 Å². The molecule has 0 spiro atoms. The van der Waals surface area contributed by atoms with Crippen molar-refractivity contribution in [2.45, 2.75) is 32.3 Å². The molecule has 2 atom stereocenters. The zero-order chi connectivity index (χ0) is 15.7. The highest BCUT2D eigenvalue weighted by atomic mass is 16.5. The van der Waals surface area contributed by atoms with E-state index in [1.165, 1.54) is 18.8 Å². The molecular formula is C18H24O3. The van der Waals surface area contributed by atoms with Gasteiger partial charge in [0.1, 0.15) is 0 Å². The van der Waals surface area contributed by atoms with Gasteiger partial charge in [-0.1, -0.05) is 49.4 Å². The predicted molar refractivity (Wildman–Crippen MR) is 85.2 cm³/mol. The first-order valence-corrected chi connectivity index (χ1v) is 7.16. The van der Waals surface area contributed by atoms with Crippen LogP contribution in [0.15, 0.2) is 54.1 Å². The highest BCUT2D eigenvalue weighted by Crippen LogP contribution is 2.29. The molecule has 0 aliphatic heterocycles. The third kappa shape index (κ3) is 4.87. The number of benzene rings is 1. The molecule has 0 bridgehead atoms. The molecule has 3 heteroatoms. The summed E-state index contributed by atoms with van der Waals surface area (Å²) in [7, 11) is 3.08. The average Bonchev–Trinajstić information content (AvgIpc) is 2.54. The predicted octanol–water partition coefficient (Wildman–Crippen LogP) is 3.87. The smallest absolute Gasteiger partial charge is 0.330 e. The lowest BCUT2D eigenvalue weighted by Gasteiger charge is -2.26. The molecular weight excluding hydrogens is 264 g/mol. The van der Waals surface area contributed by atoms with Crippen LogP contribution in [0, 0.1) is 0 Å². The third-order valence-corrected chi connectivity index (χ3v) is 3.55. The van der Waals surface area contributed by atoms with Crippen LogP contribution in [0.3, 0.4) is 0 Å². The minimum Gasteiger partial charge on any atom is -0.466 e. The number of carbonyl (C=O) groups excluding carboxylic acids is 1. The Labute approximate surface area is 127 Å². The number of ether oxygens (including phenoxy) is 2. The fourth-order valence-electron chi connectivity index (χ4n) is 2.41. The summed E-state index contributed by atoms with van der Waals surface area (Å²) >= 11 is 0. The molecule has 1 rings (SSSR count). The van der Waals surface area contributed by atoms with Gasteiger partial charge in [0.25, 0.3) is 0 Å². The number of allylic oxidation sites excluding steroid dienone is 1. The van der Waals surface area contributed by atoms with Gasteiger partial charge in [-0.2, -0.15) is 0 Å². The summed E-state index contributed by atoms with van der Waals surface area (Å²) in [5, 5.41) is 0. The quantitative estimate of drug-likeness (QED) is 0.434. The van der Waals surface area contributed by atoms with Gasteiger partial charge in [0, 0.05) is 19.1 Å². The van der Waals surface area contributed by atoms with Crippen molar-refractivity contribution in [1.82, 2.24) is 0 Å². The average molecular weight is 288 g/mol. The molecule has 21 heavy (non-hydrogen) atoms. The van der Waals surface area contributed by atoms with Crippen LogP contribution in [0.5, 0.6) is 0 Å². The van der Waals surface area contributed by atoms with E-state index in [9.17, 15) is 4.79 Å². The Morgan fingerprint density at radius 3 is 2.38 bits per heavy atom. The molecule has 0 saturated heterocycles. The van der Waals surface area contributed by atoms with Crippen molar-refractivity contribution in [3.63, 3.8) is 0 Å². The first-order chi connectivity index (χ1) is 10.2. The zero-order valence-corrected chi connectivity index (χ0v) is 13.2. The van der Waals surface area contributed by atoms with Crippen molar-refractivity contribution in [3.05, 3.63) is 59.7 Å². The standard InChI is InChI=1S/C18H24O3/c1-5-14(6-2)18(21-4)16(12-13-17(19)20-3)15-10-8-7-9-11-15/h5,7-13,16,18H,6H2,1-4H3/b13-12+,14-5+/t16-,18-/m0/s1. The zero-order valence-electron chi connectivity index (χ0n) is 13.2. The molecule has 0 radical (unpaired) electrons. The maximum atomic E-state index is 11.4. The van der Waals surface area contributed by atoms with Gasteiger partial charge in [-0.15, -0.1) is 0 Å². The van der Waals surface area contributed by atoms with Crippen molar-refractivity contribution in [2.24, 2.45) is 0 Å². The Morgan fingerprint density at radius 1 is 1.24 bits per heavy atom. The minimum absolute atomic E-state index is 0.0264. The Kier molecular flexibility index (Phi) is 7.48. The van der Waals surface area contributed by atoms with Gasteiger partial charge in [0.05, 0.1) is 13.2 Å².